The number of hydrogen-bond acceptors (Lipinski definition) is 4. The molecule has 1 heterocycles. The van der Waals surface area contributed by atoms with Crippen LogP contribution in [0.15, 0.2) is 24.3 Å². The summed E-state index contributed by atoms with van der Waals surface area (Å²) in [5.41, 5.74) is 2.88. The lowest BCUT2D eigenvalue weighted by Crippen LogP contribution is -3.17. The summed E-state index contributed by atoms with van der Waals surface area (Å²) in [6.45, 7) is 12.5. The van der Waals surface area contributed by atoms with Gasteiger partial charge in [0.2, 0.25) is 0 Å². The Kier molecular flexibility index (Phi) is 5.22. The van der Waals surface area contributed by atoms with E-state index >= 15 is 0 Å². The van der Waals surface area contributed by atoms with Crippen LogP contribution in [0.4, 0.5) is 0 Å². The molecule has 1 N–H and O–H groups in total. The molecule has 0 aliphatic carbocycles. The first-order valence-corrected chi connectivity index (χ1v) is 8.68. The van der Waals surface area contributed by atoms with Gasteiger partial charge in [0.05, 0.1) is 28.6 Å². The van der Waals surface area contributed by atoms with Crippen molar-refractivity contribution in [1.29, 1.82) is 0 Å². The quantitative estimate of drug-likeness (QED) is 0.906. The number of nitrogens with zero attached hydrogens (tertiary/aromatic N) is 1. The minimum atomic E-state index is -1.15. The van der Waals surface area contributed by atoms with Gasteiger partial charge in [-0.2, -0.15) is 0 Å². The van der Waals surface area contributed by atoms with E-state index in [1.165, 1.54) is 21.8 Å². The average Bonchev–Trinajstić information content (AvgIpc) is 2.86. The van der Waals surface area contributed by atoms with Gasteiger partial charge >= 0.3 is 0 Å². The summed E-state index contributed by atoms with van der Waals surface area (Å²) in [4.78, 5) is 17.3. The van der Waals surface area contributed by atoms with Crippen LogP contribution in [-0.2, 0) is 6.54 Å². The molecule has 2 rings (SSSR count). The number of nitrogens with one attached hydrogen (secondary N) is 1. The third kappa shape index (κ3) is 3.98. The van der Waals surface area contributed by atoms with Gasteiger partial charge in [-0.25, -0.2) is 4.98 Å². The molecule has 4 nitrogen and oxygen atoms in total. The normalized spacial score (nSPS) is 13.1. The Bertz CT molecular complexity index is 701. The highest BCUT2D eigenvalue weighted by molar-refractivity contribution is 7.17. The first kappa shape index (κ1) is 17.6. The van der Waals surface area contributed by atoms with E-state index in [-0.39, 0.29) is 10.4 Å². The molecule has 1 unspecified atom stereocenters. The van der Waals surface area contributed by atoms with Crippen LogP contribution in [0.25, 0.3) is 10.6 Å². The van der Waals surface area contributed by atoms with Gasteiger partial charge in [-0.1, -0.05) is 24.3 Å². The highest BCUT2D eigenvalue weighted by Gasteiger charge is 2.25. The number of benzene rings is 1. The van der Waals surface area contributed by atoms with Gasteiger partial charge in [0.25, 0.3) is 0 Å². The summed E-state index contributed by atoms with van der Waals surface area (Å²) in [5, 5.41) is 11.9. The molecule has 0 aliphatic rings. The number of rotatable bonds is 5. The van der Waals surface area contributed by atoms with Crippen molar-refractivity contribution < 1.29 is 14.8 Å². The van der Waals surface area contributed by atoms with E-state index in [9.17, 15) is 9.90 Å². The molecule has 1 atom stereocenters. The molecule has 0 radical (unpaired) electrons. The van der Waals surface area contributed by atoms with Crippen molar-refractivity contribution in [3.05, 3.63) is 40.4 Å². The number of carboxylic acids is 1. The molecular formula is C18H24N2O2S. The highest BCUT2D eigenvalue weighted by atomic mass is 32.1. The van der Waals surface area contributed by atoms with Gasteiger partial charge in [-0.05, 0) is 34.6 Å². The standard InChI is InChI=1S/C18H24N2O2S/c1-6-20(18(3,4)5)11-13-9-7-8-10-14(13)16-19-12(2)15(23-16)17(21)22/h7-10H,6,11H2,1-5H3,(H,21,22). The zero-order chi connectivity index (χ0) is 17.2. The fourth-order valence-corrected chi connectivity index (χ4v) is 3.70. The zero-order valence-electron chi connectivity index (χ0n) is 14.4. The Hall–Kier alpha value is -1.72. The first-order valence-electron chi connectivity index (χ1n) is 7.86. The smallest absolute Gasteiger partial charge is 0.124 e. The van der Waals surface area contributed by atoms with E-state index in [0.717, 1.165) is 23.7 Å². The van der Waals surface area contributed by atoms with Crippen LogP contribution in [0.5, 0.6) is 0 Å². The largest absolute Gasteiger partial charge is 0.544 e. The Morgan fingerprint density at radius 2 is 1.96 bits per heavy atom. The molecule has 1 aromatic carbocycles. The number of aromatic nitrogens is 1. The third-order valence-corrected chi connectivity index (χ3v) is 5.29. The minimum absolute atomic E-state index is 0.150. The van der Waals surface area contributed by atoms with E-state index in [1.54, 1.807) is 6.92 Å². The monoisotopic (exact) mass is 332 g/mol. The lowest BCUT2D eigenvalue weighted by Gasteiger charge is -2.31. The molecule has 23 heavy (non-hydrogen) atoms. The van der Waals surface area contributed by atoms with Crippen LogP contribution < -0.4 is 10.0 Å². The van der Waals surface area contributed by atoms with Gasteiger partial charge in [0.1, 0.15) is 11.6 Å². The molecule has 2 aromatic rings. The molecule has 0 saturated heterocycles. The summed E-state index contributed by atoms with van der Waals surface area (Å²) in [6, 6.07) is 8.11. The Morgan fingerprint density at radius 1 is 1.30 bits per heavy atom. The SMILES string of the molecule is CC[NH+](Cc1ccccc1-c1nc(C)c(C(=O)[O-])s1)C(C)(C)C. The van der Waals surface area contributed by atoms with Crippen LogP contribution in [-0.4, -0.2) is 23.0 Å². The van der Waals surface area contributed by atoms with Crippen LogP contribution in [0.2, 0.25) is 0 Å². The van der Waals surface area contributed by atoms with E-state index in [4.69, 9.17) is 0 Å². The number of carboxylic acid groups (broad SMARTS) is 1. The molecule has 124 valence electrons. The number of quaternary nitrogens is 1. The number of aryl methyl sites for hydroxylation is 1. The predicted molar refractivity (Wildman–Crippen MR) is 91.6 cm³/mol. The van der Waals surface area contributed by atoms with Gasteiger partial charge in [0.15, 0.2) is 0 Å². The molecule has 0 bridgehead atoms. The highest BCUT2D eigenvalue weighted by Crippen LogP contribution is 2.30. The third-order valence-electron chi connectivity index (χ3n) is 4.12. The maximum absolute atomic E-state index is 11.2. The van der Waals surface area contributed by atoms with Gasteiger partial charge in [-0.3, -0.25) is 0 Å². The maximum atomic E-state index is 11.2. The Balaban J connectivity index is 2.42. The topological polar surface area (TPSA) is 57.5 Å². The van der Waals surface area contributed by atoms with Crippen LogP contribution >= 0.6 is 11.3 Å². The molecule has 0 fully saturated rings. The van der Waals surface area contributed by atoms with Crippen molar-refractivity contribution in [2.24, 2.45) is 0 Å². The molecule has 0 spiro atoms. The van der Waals surface area contributed by atoms with Gasteiger partial charge in [0, 0.05) is 11.1 Å². The number of hydrogen-bond donors (Lipinski definition) is 1. The van der Waals surface area contributed by atoms with Crippen molar-refractivity contribution in [3.8, 4) is 10.6 Å². The van der Waals surface area contributed by atoms with E-state index in [0.29, 0.717) is 5.69 Å². The fraction of sp³-hybridized carbons (Fsp3) is 0.444. The van der Waals surface area contributed by atoms with E-state index in [1.807, 2.05) is 18.2 Å². The fourth-order valence-electron chi connectivity index (χ4n) is 2.73. The van der Waals surface area contributed by atoms with Crippen molar-refractivity contribution >= 4 is 17.3 Å². The zero-order valence-corrected chi connectivity index (χ0v) is 15.2. The van der Waals surface area contributed by atoms with E-state index < -0.39 is 5.97 Å². The minimum Gasteiger partial charge on any atom is -0.544 e. The second-order valence-electron chi connectivity index (χ2n) is 6.76. The second-order valence-corrected chi connectivity index (χ2v) is 7.76. The molecular weight excluding hydrogens is 308 g/mol. The lowest BCUT2D eigenvalue weighted by molar-refractivity contribution is -0.958. The maximum Gasteiger partial charge on any atom is 0.124 e. The molecule has 1 aromatic heterocycles. The summed E-state index contributed by atoms with van der Waals surface area (Å²) in [5.74, 6) is -1.15. The number of carbonyl (C=O) groups excluding carboxylic acids is 1. The summed E-state index contributed by atoms with van der Waals surface area (Å²) in [6.07, 6.45) is 0. The predicted octanol–water partition coefficient (Wildman–Crippen LogP) is 1.69. The molecule has 0 aliphatic heterocycles. The van der Waals surface area contributed by atoms with Crippen LogP contribution in [0.1, 0.15) is 48.6 Å². The van der Waals surface area contributed by atoms with E-state index in [2.05, 4.69) is 38.7 Å². The van der Waals surface area contributed by atoms with Crippen LogP contribution in [0, 0.1) is 6.92 Å². The van der Waals surface area contributed by atoms with Crippen molar-refractivity contribution in [2.75, 3.05) is 6.54 Å². The van der Waals surface area contributed by atoms with Crippen molar-refractivity contribution in [3.63, 3.8) is 0 Å². The second kappa shape index (κ2) is 6.81. The van der Waals surface area contributed by atoms with Crippen molar-refractivity contribution in [2.45, 2.75) is 46.7 Å². The van der Waals surface area contributed by atoms with Crippen LogP contribution in [0.3, 0.4) is 0 Å². The summed E-state index contributed by atoms with van der Waals surface area (Å²) < 4.78 is 0. The summed E-state index contributed by atoms with van der Waals surface area (Å²) in [7, 11) is 0. The first-order chi connectivity index (χ1) is 10.7. The van der Waals surface area contributed by atoms with Gasteiger partial charge in [-0.15, -0.1) is 11.3 Å². The molecule has 5 heteroatoms. The van der Waals surface area contributed by atoms with Gasteiger partial charge < -0.3 is 14.8 Å². The molecule has 0 saturated carbocycles. The number of aromatic carboxylic acids is 1. The average molecular weight is 332 g/mol. The van der Waals surface area contributed by atoms with Crippen molar-refractivity contribution in [1.82, 2.24) is 4.98 Å². The number of thiazole rings is 1. The lowest BCUT2D eigenvalue weighted by atomic mass is 10.0. The summed E-state index contributed by atoms with van der Waals surface area (Å²) >= 11 is 1.19. The molecule has 0 amide bonds. The Morgan fingerprint density at radius 3 is 2.48 bits per heavy atom. The number of carbonyl (C=O) groups is 1. The Labute approximate surface area is 141 Å².